The maximum absolute atomic E-state index is 12.1. The molecule has 1 unspecified atom stereocenters. The maximum atomic E-state index is 12.1. The van der Waals surface area contributed by atoms with Crippen LogP contribution in [-0.4, -0.2) is 21.7 Å². The molecule has 0 bridgehead atoms. The van der Waals surface area contributed by atoms with E-state index in [0.29, 0.717) is 5.56 Å². The predicted molar refractivity (Wildman–Crippen MR) is 106 cm³/mol. The number of nitrogens with zero attached hydrogens (tertiary/aromatic N) is 1. The summed E-state index contributed by atoms with van der Waals surface area (Å²) in [7, 11) is 0. The summed E-state index contributed by atoms with van der Waals surface area (Å²) in [5, 5.41) is 10.9. The van der Waals surface area contributed by atoms with Gasteiger partial charge in [-0.25, -0.2) is 9.78 Å². The Bertz CT molecular complexity index is 955. The van der Waals surface area contributed by atoms with Gasteiger partial charge >= 0.3 is 5.97 Å². The first-order chi connectivity index (χ1) is 12.2. The summed E-state index contributed by atoms with van der Waals surface area (Å²) in [6.07, 6.45) is -1.04. The van der Waals surface area contributed by atoms with Crippen LogP contribution in [0.4, 0.5) is 0 Å². The summed E-state index contributed by atoms with van der Waals surface area (Å²) in [5.41, 5.74) is 3.77. The van der Waals surface area contributed by atoms with Crippen LogP contribution in [-0.2, 0) is 9.53 Å². The standard InChI is InChI=1S/C21H23NO3S/c1-12-11-15-19(26-13(2)22-15)17(14-9-7-6-8-10-14)16(12)18(20(23)24)25-21(3,4)5/h6-11,18H,1-5H3,(H,23,24). The number of carboxylic acid groups (broad SMARTS) is 1. The number of aliphatic carboxylic acids is 1. The number of aryl methyl sites for hydroxylation is 2. The van der Waals surface area contributed by atoms with Gasteiger partial charge in [0, 0.05) is 11.1 Å². The zero-order valence-electron chi connectivity index (χ0n) is 15.7. The van der Waals surface area contributed by atoms with Gasteiger partial charge in [0.05, 0.1) is 20.8 Å². The summed E-state index contributed by atoms with van der Waals surface area (Å²) in [4.78, 5) is 16.7. The average Bonchev–Trinajstić information content (AvgIpc) is 2.91. The third kappa shape index (κ3) is 3.64. The van der Waals surface area contributed by atoms with Crippen molar-refractivity contribution in [1.82, 2.24) is 4.98 Å². The van der Waals surface area contributed by atoms with E-state index in [2.05, 4.69) is 4.98 Å². The lowest BCUT2D eigenvalue weighted by molar-refractivity contribution is -0.160. The zero-order valence-corrected chi connectivity index (χ0v) is 16.5. The van der Waals surface area contributed by atoms with Crippen LogP contribution >= 0.6 is 11.3 Å². The fourth-order valence-corrected chi connectivity index (χ4v) is 4.12. The molecule has 0 aliphatic rings. The molecule has 4 nitrogen and oxygen atoms in total. The number of hydrogen-bond acceptors (Lipinski definition) is 4. The molecule has 3 rings (SSSR count). The monoisotopic (exact) mass is 369 g/mol. The van der Waals surface area contributed by atoms with E-state index in [9.17, 15) is 9.90 Å². The van der Waals surface area contributed by atoms with Gasteiger partial charge in [0.25, 0.3) is 0 Å². The van der Waals surface area contributed by atoms with E-state index in [1.54, 1.807) is 11.3 Å². The lowest BCUT2D eigenvalue weighted by Crippen LogP contribution is -2.28. The van der Waals surface area contributed by atoms with Crippen LogP contribution in [0, 0.1) is 13.8 Å². The summed E-state index contributed by atoms with van der Waals surface area (Å²) in [5.74, 6) is -0.985. The number of aromatic nitrogens is 1. The van der Waals surface area contributed by atoms with E-state index in [0.717, 1.165) is 31.9 Å². The largest absolute Gasteiger partial charge is 0.479 e. The van der Waals surface area contributed by atoms with Crippen LogP contribution in [0.2, 0.25) is 0 Å². The molecule has 3 aromatic rings. The third-order valence-corrected chi connectivity index (χ3v) is 5.06. The van der Waals surface area contributed by atoms with Gasteiger partial charge in [0.1, 0.15) is 0 Å². The molecule has 5 heteroatoms. The second kappa shape index (κ2) is 6.82. The quantitative estimate of drug-likeness (QED) is 0.658. The van der Waals surface area contributed by atoms with Crippen molar-refractivity contribution in [3.63, 3.8) is 0 Å². The SMILES string of the molecule is Cc1nc2cc(C)c(C(OC(C)(C)C)C(=O)O)c(-c3ccccc3)c2s1. The lowest BCUT2D eigenvalue weighted by atomic mass is 9.91. The molecule has 1 heterocycles. The normalized spacial score (nSPS) is 13.1. The second-order valence-electron chi connectivity index (χ2n) is 7.38. The van der Waals surface area contributed by atoms with Gasteiger partial charge in [-0.05, 0) is 51.8 Å². The van der Waals surface area contributed by atoms with Crippen molar-refractivity contribution in [3.8, 4) is 11.1 Å². The Labute approximate surface area is 157 Å². The van der Waals surface area contributed by atoms with Crippen molar-refractivity contribution >= 4 is 27.5 Å². The van der Waals surface area contributed by atoms with Gasteiger partial charge in [0.15, 0.2) is 6.10 Å². The summed E-state index contributed by atoms with van der Waals surface area (Å²) in [6, 6.07) is 11.8. The molecule has 0 radical (unpaired) electrons. The van der Waals surface area contributed by atoms with Crippen molar-refractivity contribution in [2.75, 3.05) is 0 Å². The van der Waals surface area contributed by atoms with Crippen LogP contribution in [0.5, 0.6) is 0 Å². The van der Waals surface area contributed by atoms with Gasteiger partial charge < -0.3 is 9.84 Å². The van der Waals surface area contributed by atoms with Crippen LogP contribution in [0.25, 0.3) is 21.3 Å². The molecule has 0 fully saturated rings. The minimum atomic E-state index is -1.04. The first-order valence-corrected chi connectivity index (χ1v) is 9.35. The first kappa shape index (κ1) is 18.5. The Kier molecular flexibility index (Phi) is 4.86. The third-order valence-electron chi connectivity index (χ3n) is 4.06. The molecule has 1 N–H and O–H groups in total. The van der Waals surface area contributed by atoms with Crippen molar-refractivity contribution in [2.45, 2.75) is 46.3 Å². The molecule has 1 aromatic heterocycles. The number of thiazole rings is 1. The van der Waals surface area contributed by atoms with Crippen LogP contribution < -0.4 is 0 Å². The van der Waals surface area contributed by atoms with Crippen molar-refractivity contribution in [1.29, 1.82) is 0 Å². The Morgan fingerprint density at radius 2 is 1.85 bits per heavy atom. The fraction of sp³-hybridized carbons (Fsp3) is 0.333. The summed E-state index contributed by atoms with van der Waals surface area (Å²) >= 11 is 1.58. The van der Waals surface area contributed by atoms with E-state index >= 15 is 0 Å². The number of benzene rings is 2. The van der Waals surface area contributed by atoms with Crippen LogP contribution in [0.3, 0.4) is 0 Å². The van der Waals surface area contributed by atoms with Gasteiger partial charge in [-0.15, -0.1) is 11.3 Å². The van der Waals surface area contributed by atoms with E-state index in [-0.39, 0.29) is 0 Å². The second-order valence-corrected chi connectivity index (χ2v) is 8.58. The van der Waals surface area contributed by atoms with Gasteiger partial charge in [-0.1, -0.05) is 30.3 Å². The Morgan fingerprint density at radius 1 is 1.19 bits per heavy atom. The highest BCUT2D eigenvalue weighted by Gasteiger charge is 2.32. The topological polar surface area (TPSA) is 59.4 Å². The molecule has 0 aliphatic heterocycles. The van der Waals surface area contributed by atoms with Crippen molar-refractivity contribution in [2.24, 2.45) is 0 Å². The Hall–Kier alpha value is -2.24. The number of carbonyl (C=O) groups is 1. The maximum Gasteiger partial charge on any atom is 0.337 e. The molecular formula is C21H23NO3S. The molecule has 136 valence electrons. The Morgan fingerprint density at radius 3 is 2.42 bits per heavy atom. The number of hydrogen-bond donors (Lipinski definition) is 1. The molecule has 26 heavy (non-hydrogen) atoms. The number of rotatable bonds is 4. The highest BCUT2D eigenvalue weighted by atomic mass is 32.1. The molecule has 0 spiro atoms. The lowest BCUT2D eigenvalue weighted by Gasteiger charge is -2.28. The van der Waals surface area contributed by atoms with E-state index in [4.69, 9.17) is 4.74 Å². The smallest absolute Gasteiger partial charge is 0.337 e. The number of carboxylic acids is 1. The highest BCUT2D eigenvalue weighted by molar-refractivity contribution is 7.19. The van der Waals surface area contributed by atoms with Gasteiger partial charge in [-0.2, -0.15) is 0 Å². The fourth-order valence-electron chi connectivity index (χ4n) is 3.14. The van der Waals surface area contributed by atoms with E-state index in [1.807, 2.05) is 71.0 Å². The molecule has 0 amide bonds. The van der Waals surface area contributed by atoms with E-state index in [1.165, 1.54) is 0 Å². The minimum absolute atomic E-state index is 0.581. The zero-order chi connectivity index (χ0) is 19.1. The summed E-state index contributed by atoms with van der Waals surface area (Å²) < 4.78 is 6.97. The van der Waals surface area contributed by atoms with Gasteiger partial charge in [0.2, 0.25) is 0 Å². The number of ether oxygens (including phenoxy) is 1. The molecule has 0 saturated heterocycles. The molecular weight excluding hydrogens is 346 g/mol. The number of fused-ring (bicyclic) bond motifs is 1. The van der Waals surface area contributed by atoms with E-state index < -0.39 is 17.7 Å². The average molecular weight is 369 g/mol. The predicted octanol–water partition coefficient (Wildman–Crippen LogP) is 5.52. The molecule has 0 aliphatic carbocycles. The van der Waals surface area contributed by atoms with Gasteiger partial charge in [-0.3, -0.25) is 0 Å². The molecule has 0 saturated carbocycles. The molecule has 2 aromatic carbocycles. The summed E-state index contributed by atoms with van der Waals surface area (Å²) in [6.45, 7) is 9.51. The highest BCUT2D eigenvalue weighted by Crippen LogP contribution is 2.42. The first-order valence-electron chi connectivity index (χ1n) is 8.54. The van der Waals surface area contributed by atoms with Crippen molar-refractivity contribution < 1.29 is 14.6 Å². The minimum Gasteiger partial charge on any atom is -0.479 e. The van der Waals surface area contributed by atoms with Crippen molar-refractivity contribution in [3.05, 3.63) is 52.5 Å². The van der Waals surface area contributed by atoms with Crippen LogP contribution in [0.1, 0.15) is 43.0 Å². The Balaban J connectivity index is 2.36. The van der Waals surface area contributed by atoms with Crippen LogP contribution in [0.15, 0.2) is 36.4 Å². The molecule has 1 atom stereocenters.